The number of aryl methyl sites for hydroxylation is 2. The van der Waals surface area contributed by atoms with E-state index in [1.807, 2.05) is 0 Å². The molecule has 0 atom stereocenters. The second-order valence-electron chi connectivity index (χ2n) is 6.07. The predicted octanol–water partition coefficient (Wildman–Crippen LogP) is 3.27. The van der Waals surface area contributed by atoms with E-state index in [-0.39, 0.29) is 30.4 Å². The van der Waals surface area contributed by atoms with Crippen molar-refractivity contribution in [2.24, 2.45) is 0 Å². The average molecular weight is 451 g/mol. The van der Waals surface area contributed by atoms with Gasteiger partial charge in [0, 0.05) is 19.2 Å². The van der Waals surface area contributed by atoms with Crippen LogP contribution in [0.4, 0.5) is 15.9 Å². The minimum Gasteiger partial charge on any atom is -0.308 e. The Kier molecular flexibility index (Phi) is 5.83. The third-order valence-corrected chi connectivity index (χ3v) is 4.50. The number of amides is 1. The molecule has 28 heavy (non-hydrogen) atoms. The number of carbonyl (C=O) groups excluding carboxylic acids is 1. The lowest BCUT2D eigenvalue weighted by atomic mass is 10.2. The van der Waals surface area contributed by atoms with Crippen LogP contribution in [-0.4, -0.2) is 30.4 Å². The van der Waals surface area contributed by atoms with Crippen LogP contribution in [0.3, 0.4) is 0 Å². The molecule has 3 aromatic rings. The highest BCUT2D eigenvalue weighted by atomic mass is 79.9. The van der Waals surface area contributed by atoms with Crippen LogP contribution in [-0.2, 0) is 17.9 Å². The summed E-state index contributed by atoms with van der Waals surface area (Å²) in [6.45, 7) is 2.17. The van der Waals surface area contributed by atoms with Crippen molar-refractivity contribution in [3.05, 3.63) is 68.3 Å². The van der Waals surface area contributed by atoms with Gasteiger partial charge in [-0.25, -0.2) is 4.39 Å². The van der Waals surface area contributed by atoms with E-state index in [4.69, 9.17) is 0 Å². The first kappa shape index (κ1) is 19.7. The quantitative estimate of drug-likeness (QED) is 0.438. The first-order valence-corrected chi connectivity index (χ1v) is 9.07. The largest absolute Gasteiger partial charge is 0.309 e. The van der Waals surface area contributed by atoms with E-state index >= 15 is 0 Å². The summed E-state index contributed by atoms with van der Waals surface area (Å²) in [7, 11) is 0. The van der Waals surface area contributed by atoms with Gasteiger partial charge < -0.3 is 5.32 Å². The number of carbonyl (C=O) groups is 1. The Morgan fingerprint density at radius 1 is 1.25 bits per heavy atom. The summed E-state index contributed by atoms with van der Waals surface area (Å²) in [5, 5.41) is 21.8. The van der Waals surface area contributed by atoms with Crippen LogP contribution in [0.5, 0.6) is 0 Å². The van der Waals surface area contributed by atoms with Crippen LogP contribution in [0, 0.1) is 22.9 Å². The van der Waals surface area contributed by atoms with Crippen LogP contribution >= 0.6 is 15.9 Å². The molecule has 1 amide bonds. The molecule has 2 aromatic heterocycles. The first-order chi connectivity index (χ1) is 13.3. The predicted molar refractivity (Wildman–Crippen MR) is 102 cm³/mol. The highest BCUT2D eigenvalue weighted by molar-refractivity contribution is 9.10. The van der Waals surface area contributed by atoms with Crippen molar-refractivity contribution in [3.8, 4) is 0 Å². The summed E-state index contributed by atoms with van der Waals surface area (Å²) < 4.78 is 16.6. The Morgan fingerprint density at radius 3 is 2.61 bits per heavy atom. The molecule has 0 bridgehead atoms. The van der Waals surface area contributed by atoms with Gasteiger partial charge in [0.25, 0.3) is 0 Å². The molecule has 0 radical (unpaired) electrons. The van der Waals surface area contributed by atoms with E-state index in [9.17, 15) is 19.3 Å². The summed E-state index contributed by atoms with van der Waals surface area (Å²) in [4.78, 5) is 22.5. The number of aromatic nitrogens is 4. The maximum absolute atomic E-state index is 13.0. The molecule has 1 aromatic carbocycles. The standard InChI is InChI=1S/C17H16BrFN6O3/c1-11-15(25(27)28)10-23(21-11)7-6-16(26)20-17-14(18)9-24(22-17)8-12-2-4-13(19)5-3-12/h2-5,9-10H,6-8H2,1H3,(H,20,22,26). The molecule has 0 saturated heterocycles. The Hall–Kier alpha value is -3.08. The summed E-state index contributed by atoms with van der Waals surface area (Å²) in [5.74, 6) is -0.255. The lowest BCUT2D eigenvalue weighted by molar-refractivity contribution is -0.385. The number of nitrogens with one attached hydrogen (secondary N) is 1. The fourth-order valence-electron chi connectivity index (χ4n) is 2.55. The fourth-order valence-corrected chi connectivity index (χ4v) is 2.97. The minimum absolute atomic E-state index is 0.0789. The van der Waals surface area contributed by atoms with Crippen LogP contribution in [0.1, 0.15) is 17.7 Å². The highest BCUT2D eigenvalue weighted by Gasteiger charge is 2.16. The molecule has 0 aliphatic heterocycles. The summed E-state index contributed by atoms with van der Waals surface area (Å²) >= 11 is 3.34. The summed E-state index contributed by atoms with van der Waals surface area (Å²) in [6, 6.07) is 6.07. The van der Waals surface area contributed by atoms with E-state index in [0.717, 1.165) is 5.56 Å². The molecule has 0 fully saturated rings. The number of benzene rings is 1. The van der Waals surface area contributed by atoms with E-state index in [1.54, 1.807) is 29.9 Å². The monoisotopic (exact) mass is 450 g/mol. The lowest BCUT2D eigenvalue weighted by Crippen LogP contribution is -2.15. The zero-order valence-electron chi connectivity index (χ0n) is 14.8. The Morgan fingerprint density at radius 2 is 1.96 bits per heavy atom. The average Bonchev–Trinajstić information content (AvgIpc) is 3.17. The van der Waals surface area contributed by atoms with Gasteiger partial charge in [-0.2, -0.15) is 10.2 Å². The molecule has 1 N–H and O–H groups in total. The van der Waals surface area contributed by atoms with Crippen molar-refractivity contribution in [1.29, 1.82) is 0 Å². The molecule has 9 nitrogen and oxygen atoms in total. The van der Waals surface area contributed by atoms with Crippen LogP contribution in [0.15, 0.2) is 41.1 Å². The molecule has 0 saturated carbocycles. The third-order valence-electron chi connectivity index (χ3n) is 3.92. The van der Waals surface area contributed by atoms with Crippen molar-refractivity contribution in [2.45, 2.75) is 26.4 Å². The molecule has 0 aliphatic rings. The van der Waals surface area contributed by atoms with Crippen molar-refractivity contribution in [2.75, 3.05) is 5.32 Å². The Bertz CT molecular complexity index is 1010. The van der Waals surface area contributed by atoms with Crippen molar-refractivity contribution in [3.63, 3.8) is 0 Å². The normalized spacial score (nSPS) is 10.8. The number of rotatable bonds is 7. The van der Waals surface area contributed by atoms with E-state index in [2.05, 4.69) is 31.4 Å². The van der Waals surface area contributed by atoms with E-state index in [1.165, 1.54) is 23.0 Å². The summed E-state index contributed by atoms with van der Waals surface area (Å²) in [5.41, 5.74) is 1.08. The number of hydrogen-bond donors (Lipinski definition) is 1. The molecule has 0 spiro atoms. The Labute approximate surface area is 167 Å². The van der Waals surface area contributed by atoms with Gasteiger partial charge in [-0.1, -0.05) is 12.1 Å². The van der Waals surface area contributed by atoms with Gasteiger partial charge in [-0.3, -0.25) is 24.3 Å². The van der Waals surface area contributed by atoms with Gasteiger partial charge in [0.2, 0.25) is 5.91 Å². The molecule has 0 aliphatic carbocycles. The van der Waals surface area contributed by atoms with Crippen LogP contribution in [0.25, 0.3) is 0 Å². The molecule has 2 heterocycles. The van der Waals surface area contributed by atoms with Gasteiger partial charge >= 0.3 is 5.69 Å². The van der Waals surface area contributed by atoms with E-state index in [0.29, 0.717) is 22.5 Å². The lowest BCUT2D eigenvalue weighted by Gasteiger charge is -2.04. The molecule has 146 valence electrons. The number of anilines is 1. The van der Waals surface area contributed by atoms with Gasteiger partial charge in [0.05, 0.1) is 15.9 Å². The van der Waals surface area contributed by atoms with Gasteiger partial charge in [0.15, 0.2) is 5.82 Å². The SMILES string of the molecule is Cc1nn(CCC(=O)Nc2nn(Cc3ccc(F)cc3)cc2Br)cc1[N+](=O)[O-]. The zero-order chi connectivity index (χ0) is 20.3. The third kappa shape index (κ3) is 4.80. The number of halogens is 2. The number of nitrogens with zero attached hydrogens (tertiary/aromatic N) is 5. The van der Waals surface area contributed by atoms with Gasteiger partial charge in [-0.05, 0) is 40.5 Å². The minimum atomic E-state index is -0.510. The zero-order valence-corrected chi connectivity index (χ0v) is 16.4. The van der Waals surface area contributed by atoms with Crippen LogP contribution < -0.4 is 5.32 Å². The van der Waals surface area contributed by atoms with E-state index < -0.39 is 4.92 Å². The maximum atomic E-state index is 13.0. The van der Waals surface area contributed by atoms with Crippen LogP contribution in [0.2, 0.25) is 0 Å². The summed E-state index contributed by atoms with van der Waals surface area (Å²) in [6.07, 6.45) is 3.09. The molecular formula is C17H16BrFN6O3. The fraction of sp³-hybridized carbons (Fsp3) is 0.235. The smallest absolute Gasteiger partial charge is 0.308 e. The van der Waals surface area contributed by atoms with Crippen molar-refractivity contribution in [1.82, 2.24) is 19.6 Å². The number of hydrogen-bond acceptors (Lipinski definition) is 5. The highest BCUT2D eigenvalue weighted by Crippen LogP contribution is 2.21. The molecule has 11 heteroatoms. The first-order valence-electron chi connectivity index (χ1n) is 8.27. The van der Waals surface area contributed by atoms with Crippen molar-refractivity contribution < 1.29 is 14.1 Å². The van der Waals surface area contributed by atoms with Crippen molar-refractivity contribution >= 4 is 33.3 Å². The number of nitro groups is 1. The molecule has 3 rings (SSSR count). The molecular weight excluding hydrogens is 435 g/mol. The maximum Gasteiger partial charge on any atom is 0.309 e. The molecule has 0 unspecified atom stereocenters. The second kappa shape index (κ2) is 8.30. The topological polar surface area (TPSA) is 108 Å². The van der Waals surface area contributed by atoms with Gasteiger partial charge in [0.1, 0.15) is 17.7 Å². The van der Waals surface area contributed by atoms with Gasteiger partial charge in [-0.15, -0.1) is 0 Å². The second-order valence-corrected chi connectivity index (χ2v) is 6.92. The Balaban J connectivity index is 1.58.